The Morgan fingerprint density at radius 1 is 1.36 bits per heavy atom. The van der Waals surface area contributed by atoms with Gasteiger partial charge in [0.2, 0.25) is 0 Å². The van der Waals surface area contributed by atoms with Crippen molar-refractivity contribution in [3.8, 4) is 0 Å². The Kier molecular flexibility index (Phi) is 6.33. The summed E-state index contributed by atoms with van der Waals surface area (Å²) >= 11 is 0. The highest BCUT2D eigenvalue weighted by Crippen LogP contribution is 2.25. The number of ether oxygens (including phenoxy) is 3. The van der Waals surface area contributed by atoms with Gasteiger partial charge in [-0.1, -0.05) is 36.8 Å². The van der Waals surface area contributed by atoms with Gasteiger partial charge in [0.05, 0.1) is 13.2 Å². The van der Waals surface area contributed by atoms with Crippen LogP contribution in [0.25, 0.3) is 0 Å². The van der Waals surface area contributed by atoms with Gasteiger partial charge in [0.1, 0.15) is 6.10 Å². The second kappa shape index (κ2) is 8.24. The molecule has 1 N–H and O–H groups in total. The minimum atomic E-state index is -0.823. The molecule has 2 rings (SSSR count). The molecule has 1 aliphatic heterocycles. The van der Waals surface area contributed by atoms with E-state index in [-0.39, 0.29) is 12.5 Å². The fraction of sp³-hybridized carbons (Fsp3) is 0.562. The molecule has 22 heavy (non-hydrogen) atoms. The number of hydrogen-bond acceptors (Lipinski definition) is 5. The normalized spacial score (nSPS) is 23.2. The predicted molar refractivity (Wildman–Crippen MR) is 76.1 cm³/mol. The third-order valence-electron chi connectivity index (χ3n) is 3.43. The maximum Gasteiger partial charge on any atom is 0.303 e. The van der Waals surface area contributed by atoms with Gasteiger partial charge in [-0.2, -0.15) is 0 Å². The topological polar surface area (TPSA) is 88.0 Å². The molecule has 0 spiro atoms. The zero-order valence-electron chi connectivity index (χ0n) is 12.6. The molecule has 0 bridgehead atoms. The molecular formula is C16H21O6-. The van der Waals surface area contributed by atoms with Crippen molar-refractivity contribution in [2.24, 2.45) is 0 Å². The molecule has 6 heteroatoms. The fourth-order valence-corrected chi connectivity index (χ4v) is 2.17. The monoisotopic (exact) mass is 309 g/mol. The summed E-state index contributed by atoms with van der Waals surface area (Å²) in [5.41, 5.74) is 1.60. The lowest BCUT2D eigenvalue weighted by atomic mass is 10.1. The van der Waals surface area contributed by atoms with Gasteiger partial charge >= 0.3 is 5.97 Å². The number of carboxylic acids is 1. The van der Waals surface area contributed by atoms with Crippen LogP contribution in [0.5, 0.6) is 0 Å². The van der Waals surface area contributed by atoms with Gasteiger partial charge in [-0.3, -0.25) is 4.79 Å². The number of aliphatic carboxylic acids is 1. The van der Waals surface area contributed by atoms with Crippen LogP contribution in [0.15, 0.2) is 24.3 Å². The summed E-state index contributed by atoms with van der Waals surface area (Å²) in [6, 6.07) is 7.24. The lowest BCUT2D eigenvalue weighted by Crippen LogP contribution is -2.33. The van der Waals surface area contributed by atoms with Crippen molar-refractivity contribution in [2.45, 2.75) is 38.3 Å². The van der Waals surface area contributed by atoms with E-state index in [0.29, 0.717) is 26.2 Å². The highest BCUT2D eigenvalue weighted by Gasteiger charge is 2.23. The number of benzene rings is 1. The molecule has 1 aromatic carbocycles. The molecular weight excluding hydrogens is 288 g/mol. The quantitative estimate of drug-likeness (QED) is 0.766. The molecule has 1 saturated heterocycles. The van der Waals surface area contributed by atoms with Crippen LogP contribution in [0.4, 0.5) is 0 Å². The third kappa shape index (κ3) is 5.06. The first-order chi connectivity index (χ1) is 10.6. The summed E-state index contributed by atoms with van der Waals surface area (Å²) in [5, 5.41) is 19.9. The molecule has 1 heterocycles. The molecule has 0 aliphatic carbocycles. The van der Waals surface area contributed by atoms with Crippen molar-refractivity contribution >= 4 is 5.97 Å². The van der Waals surface area contributed by atoms with E-state index in [1.807, 2.05) is 12.1 Å². The van der Waals surface area contributed by atoms with Crippen LogP contribution in [0.2, 0.25) is 0 Å². The van der Waals surface area contributed by atoms with Gasteiger partial charge in [-0.25, -0.2) is 0 Å². The first-order valence-corrected chi connectivity index (χ1v) is 7.38. The van der Waals surface area contributed by atoms with Crippen molar-refractivity contribution in [2.75, 3.05) is 19.8 Å². The Morgan fingerprint density at radius 2 is 2.00 bits per heavy atom. The van der Waals surface area contributed by atoms with Crippen molar-refractivity contribution in [3.05, 3.63) is 35.4 Å². The zero-order valence-corrected chi connectivity index (χ0v) is 12.6. The molecule has 1 aliphatic rings. The van der Waals surface area contributed by atoms with Crippen molar-refractivity contribution < 1.29 is 29.2 Å². The first kappa shape index (κ1) is 16.9. The summed E-state index contributed by atoms with van der Waals surface area (Å²) in [6.45, 7) is 2.79. The largest absolute Gasteiger partial charge is 0.849 e. The average Bonchev–Trinajstić information content (AvgIpc) is 2.52. The molecule has 0 saturated carbocycles. The molecule has 1 fully saturated rings. The van der Waals surface area contributed by atoms with Crippen molar-refractivity contribution in [3.63, 3.8) is 0 Å². The Balaban J connectivity index is 1.73. The van der Waals surface area contributed by atoms with Gasteiger partial charge in [0, 0.05) is 18.6 Å². The summed E-state index contributed by atoms with van der Waals surface area (Å²) in [5.74, 6) is -0.823. The van der Waals surface area contributed by atoms with Crippen molar-refractivity contribution in [1.82, 2.24) is 0 Å². The molecule has 6 nitrogen and oxygen atoms in total. The Labute approximate surface area is 129 Å². The highest BCUT2D eigenvalue weighted by molar-refractivity contribution is 5.66. The maximum absolute atomic E-state index is 11.3. The zero-order chi connectivity index (χ0) is 15.9. The lowest BCUT2D eigenvalue weighted by Gasteiger charge is -2.30. The first-order valence-electron chi connectivity index (χ1n) is 7.38. The average molecular weight is 309 g/mol. The Bertz CT molecular complexity index is 462. The molecule has 122 valence electrons. The van der Waals surface area contributed by atoms with Gasteiger partial charge in [0.25, 0.3) is 0 Å². The summed E-state index contributed by atoms with van der Waals surface area (Å²) < 4.78 is 16.7. The Morgan fingerprint density at radius 3 is 2.55 bits per heavy atom. The van der Waals surface area contributed by atoms with E-state index in [1.54, 1.807) is 19.1 Å². The minimum absolute atomic E-state index is 0.0988. The number of hydrogen-bond donors (Lipinski definition) is 1. The smallest absolute Gasteiger partial charge is 0.303 e. The predicted octanol–water partition coefficient (Wildman–Crippen LogP) is 1.40. The second-order valence-corrected chi connectivity index (χ2v) is 5.30. The highest BCUT2D eigenvalue weighted by atomic mass is 16.7. The van der Waals surface area contributed by atoms with E-state index in [4.69, 9.17) is 19.3 Å². The van der Waals surface area contributed by atoms with Crippen LogP contribution >= 0.6 is 0 Å². The van der Waals surface area contributed by atoms with Crippen LogP contribution in [0.1, 0.15) is 43.3 Å². The number of rotatable bonds is 7. The molecule has 1 unspecified atom stereocenters. The van der Waals surface area contributed by atoms with E-state index >= 15 is 0 Å². The van der Waals surface area contributed by atoms with Crippen LogP contribution in [-0.2, 0) is 19.0 Å². The van der Waals surface area contributed by atoms with Crippen molar-refractivity contribution in [1.29, 1.82) is 0 Å². The van der Waals surface area contributed by atoms with Crippen LogP contribution < -0.4 is 5.11 Å². The summed E-state index contributed by atoms with van der Waals surface area (Å²) in [4.78, 5) is 10.4. The minimum Gasteiger partial charge on any atom is -0.849 e. The molecule has 0 aromatic heterocycles. The lowest BCUT2D eigenvalue weighted by molar-refractivity contribution is -0.420. The van der Waals surface area contributed by atoms with E-state index in [0.717, 1.165) is 11.1 Å². The van der Waals surface area contributed by atoms with E-state index in [2.05, 4.69) is 0 Å². The Hall–Kier alpha value is -1.47. The summed E-state index contributed by atoms with van der Waals surface area (Å²) in [6.07, 6.45) is -0.794. The standard InChI is InChI=1S/C16H21O6/c1-11(17)12-4-6-13(7-5-12)16-21-9-14(10-22-16)20-8-2-3-15(18)19/h4-7,11,14,16H,2-3,8-10H2,1H3,(H,18,19)/q-1. The number of carbonyl (C=O) groups is 1. The van der Waals surface area contributed by atoms with Gasteiger partial charge in [-0.15, -0.1) is 6.10 Å². The SMILES string of the molecule is CC([O-])c1ccc(C2OCC(OCCCC(=O)O)CO2)cc1. The van der Waals surface area contributed by atoms with E-state index < -0.39 is 18.4 Å². The van der Waals surface area contributed by atoms with Gasteiger partial charge in [0.15, 0.2) is 6.29 Å². The van der Waals surface area contributed by atoms with Crippen LogP contribution in [0, 0.1) is 0 Å². The molecule has 0 radical (unpaired) electrons. The molecule has 1 atom stereocenters. The maximum atomic E-state index is 11.3. The van der Waals surface area contributed by atoms with Gasteiger partial charge in [-0.05, 0) is 6.42 Å². The molecule has 1 aromatic rings. The number of carboxylic acid groups (broad SMARTS) is 1. The van der Waals surface area contributed by atoms with Crippen LogP contribution in [0.3, 0.4) is 0 Å². The second-order valence-electron chi connectivity index (χ2n) is 5.30. The summed E-state index contributed by atoms with van der Waals surface area (Å²) in [7, 11) is 0. The molecule has 0 amide bonds. The van der Waals surface area contributed by atoms with Crippen LogP contribution in [-0.4, -0.2) is 37.0 Å². The fourth-order valence-electron chi connectivity index (χ4n) is 2.17. The third-order valence-corrected chi connectivity index (χ3v) is 3.43. The van der Waals surface area contributed by atoms with E-state index in [9.17, 15) is 9.90 Å². The van der Waals surface area contributed by atoms with Gasteiger partial charge < -0.3 is 24.4 Å². The van der Waals surface area contributed by atoms with E-state index in [1.165, 1.54) is 0 Å².